The SMILES string of the molecule is CC(C)(CNC(=O)CN1C(=O)c2ccccc2C1=O)CNC1=NCc2ccccc21. The summed E-state index contributed by atoms with van der Waals surface area (Å²) in [4.78, 5) is 42.7. The van der Waals surface area contributed by atoms with E-state index >= 15 is 0 Å². The van der Waals surface area contributed by atoms with Gasteiger partial charge in [0.2, 0.25) is 5.91 Å². The lowest BCUT2D eigenvalue weighted by Crippen LogP contribution is -2.45. The van der Waals surface area contributed by atoms with E-state index < -0.39 is 11.8 Å². The zero-order valence-corrected chi connectivity index (χ0v) is 17.1. The third kappa shape index (κ3) is 3.83. The predicted octanol–water partition coefficient (Wildman–Crippen LogP) is 1.97. The van der Waals surface area contributed by atoms with Gasteiger partial charge in [0.25, 0.3) is 11.8 Å². The molecule has 0 atom stereocenters. The molecule has 0 aliphatic carbocycles. The molecule has 0 aromatic heterocycles. The van der Waals surface area contributed by atoms with Crippen molar-refractivity contribution in [3.8, 4) is 0 Å². The fraction of sp³-hybridized carbons (Fsp3) is 0.304. The molecule has 0 saturated heterocycles. The van der Waals surface area contributed by atoms with Crippen LogP contribution in [0.25, 0.3) is 0 Å². The van der Waals surface area contributed by atoms with Crippen molar-refractivity contribution >= 4 is 23.6 Å². The van der Waals surface area contributed by atoms with E-state index in [2.05, 4.69) is 21.7 Å². The lowest BCUT2D eigenvalue weighted by molar-refractivity contribution is -0.121. The fourth-order valence-electron chi connectivity index (χ4n) is 3.60. The van der Waals surface area contributed by atoms with E-state index in [1.165, 1.54) is 5.56 Å². The summed E-state index contributed by atoms with van der Waals surface area (Å²) in [5.74, 6) is -0.341. The highest BCUT2D eigenvalue weighted by Crippen LogP contribution is 2.22. The highest BCUT2D eigenvalue weighted by atomic mass is 16.2. The maximum atomic E-state index is 12.4. The van der Waals surface area contributed by atoms with Crippen LogP contribution in [0.15, 0.2) is 53.5 Å². The molecular weight excluding hydrogens is 380 g/mol. The minimum Gasteiger partial charge on any atom is -0.369 e. The van der Waals surface area contributed by atoms with E-state index in [-0.39, 0.29) is 17.9 Å². The zero-order valence-electron chi connectivity index (χ0n) is 17.1. The summed E-state index contributed by atoms with van der Waals surface area (Å²) in [7, 11) is 0. The Labute approximate surface area is 175 Å². The molecular formula is C23H24N4O3. The van der Waals surface area contributed by atoms with Crippen LogP contribution < -0.4 is 10.6 Å². The van der Waals surface area contributed by atoms with Crippen molar-refractivity contribution in [1.82, 2.24) is 15.5 Å². The molecule has 0 unspecified atom stereocenters. The van der Waals surface area contributed by atoms with Gasteiger partial charge in [-0.05, 0) is 23.1 Å². The highest BCUT2D eigenvalue weighted by Gasteiger charge is 2.36. The van der Waals surface area contributed by atoms with Crippen molar-refractivity contribution < 1.29 is 14.4 Å². The van der Waals surface area contributed by atoms with Gasteiger partial charge in [-0.1, -0.05) is 50.2 Å². The fourth-order valence-corrected chi connectivity index (χ4v) is 3.60. The van der Waals surface area contributed by atoms with Gasteiger partial charge in [-0.15, -0.1) is 0 Å². The van der Waals surface area contributed by atoms with E-state index in [1.807, 2.05) is 32.0 Å². The number of aliphatic imine (C=N–C) groups is 1. The number of amidine groups is 1. The van der Waals surface area contributed by atoms with Crippen LogP contribution in [0, 0.1) is 5.41 Å². The Hall–Kier alpha value is -3.48. The number of amides is 3. The lowest BCUT2D eigenvalue weighted by Gasteiger charge is -2.26. The maximum Gasteiger partial charge on any atom is 0.262 e. The average Bonchev–Trinajstić information content (AvgIpc) is 3.26. The van der Waals surface area contributed by atoms with E-state index in [9.17, 15) is 14.4 Å². The molecule has 2 aliphatic rings. The topological polar surface area (TPSA) is 90.9 Å². The number of hydrogen-bond acceptors (Lipinski definition) is 5. The molecule has 7 nitrogen and oxygen atoms in total. The molecule has 2 aliphatic heterocycles. The second-order valence-corrected chi connectivity index (χ2v) is 8.36. The van der Waals surface area contributed by atoms with E-state index in [4.69, 9.17) is 0 Å². The van der Waals surface area contributed by atoms with E-state index in [0.717, 1.165) is 16.3 Å². The van der Waals surface area contributed by atoms with Crippen LogP contribution in [0.5, 0.6) is 0 Å². The Morgan fingerprint density at radius 1 is 0.967 bits per heavy atom. The second-order valence-electron chi connectivity index (χ2n) is 8.36. The lowest BCUT2D eigenvalue weighted by atomic mass is 9.93. The Morgan fingerprint density at radius 3 is 2.23 bits per heavy atom. The van der Waals surface area contributed by atoms with Gasteiger partial charge in [0.05, 0.1) is 17.7 Å². The van der Waals surface area contributed by atoms with E-state index in [1.54, 1.807) is 24.3 Å². The zero-order chi connectivity index (χ0) is 21.3. The molecule has 0 spiro atoms. The normalized spacial score (nSPS) is 15.0. The van der Waals surface area contributed by atoms with Crippen LogP contribution in [0.3, 0.4) is 0 Å². The number of fused-ring (bicyclic) bond motifs is 2. The summed E-state index contributed by atoms with van der Waals surface area (Å²) >= 11 is 0. The van der Waals surface area contributed by atoms with Gasteiger partial charge < -0.3 is 10.6 Å². The average molecular weight is 404 g/mol. The van der Waals surface area contributed by atoms with Crippen molar-refractivity contribution in [2.75, 3.05) is 19.6 Å². The largest absolute Gasteiger partial charge is 0.369 e. The maximum absolute atomic E-state index is 12.4. The summed E-state index contributed by atoms with van der Waals surface area (Å²) in [5.41, 5.74) is 2.75. The van der Waals surface area contributed by atoms with Crippen LogP contribution in [-0.4, -0.2) is 48.1 Å². The number of imide groups is 1. The minimum atomic E-state index is -0.426. The van der Waals surface area contributed by atoms with Gasteiger partial charge in [0.1, 0.15) is 12.4 Å². The van der Waals surface area contributed by atoms with Gasteiger partial charge >= 0.3 is 0 Å². The van der Waals surface area contributed by atoms with Crippen molar-refractivity contribution in [2.45, 2.75) is 20.4 Å². The van der Waals surface area contributed by atoms with Crippen molar-refractivity contribution in [1.29, 1.82) is 0 Å². The smallest absolute Gasteiger partial charge is 0.262 e. The Kier molecular flexibility index (Phi) is 5.11. The molecule has 154 valence electrons. The quantitative estimate of drug-likeness (QED) is 0.721. The first-order valence-electron chi connectivity index (χ1n) is 9.94. The van der Waals surface area contributed by atoms with Gasteiger partial charge in [-0.25, -0.2) is 0 Å². The summed E-state index contributed by atoms with van der Waals surface area (Å²) in [5, 5.41) is 6.23. The molecule has 2 aromatic rings. The first-order valence-corrected chi connectivity index (χ1v) is 9.94. The minimum absolute atomic E-state index is 0.252. The summed E-state index contributed by atoms with van der Waals surface area (Å²) in [6, 6.07) is 14.7. The molecule has 2 N–H and O–H groups in total. The van der Waals surface area contributed by atoms with Crippen LogP contribution in [0.1, 0.15) is 45.7 Å². The van der Waals surface area contributed by atoms with Gasteiger partial charge in [-0.2, -0.15) is 0 Å². The van der Waals surface area contributed by atoms with Crippen LogP contribution in [0.4, 0.5) is 0 Å². The molecule has 30 heavy (non-hydrogen) atoms. The second kappa shape index (κ2) is 7.74. The molecule has 0 fully saturated rings. The molecule has 4 rings (SSSR count). The Bertz CT molecular complexity index is 1020. The van der Waals surface area contributed by atoms with Crippen molar-refractivity contribution in [3.63, 3.8) is 0 Å². The summed E-state index contributed by atoms with van der Waals surface area (Å²) < 4.78 is 0. The monoisotopic (exact) mass is 404 g/mol. The predicted molar refractivity (Wildman–Crippen MR) is 113 cm³/mol. The van der Waals surface area contributed by atoms with Crippen molar-refractivity contribution in [3.05, 3.63) is 70.8 Å². The third-order valence-corrected chi connectivity index (χ3v) is 5.36. The summed E-state index contributed by atoms with van der Waals surface area (Å²) in [6.07, 6.45) is 0. The Morgan fingerprint density at radius 2 is 1.57 bits per heavy atom. The molecule has 2 aromatic carbocycles. The summed E-state index contributed by atoms with van der Waals surface area (Å²) in [6.45, 7) is 5.48. The molecule has 0 saturated carbocycles. The van der Waals surface area contributed by atoms with Gasteiger partial charge in [-0.3, -0.25) is 24.3 Å². The highest BCUT2D eigenvalue weighted by molar-refractivity contribution is 6.22. The van der Waals surface area contributed by atoms with Crippen molar-refractivity contribution in [2.24, 2.45) is 10.4 Å². The van der Waals surface area contributed by atoms with E-state index in [0.29, 0.717) is 30.8 Å². The van der Waals surface area contributed by atoms with Crippen LogP contribution in [-0.2, 0) is 11.3 Å². The van der Waals surface area contributed by atoms with Crippen LogP contribution >= 0.6 is 0 Å². The molecule has 0 bridgehead atoms. The number of carbonyl (C=O) groups is 3. The number of benzene rings is 2. The number of nitrogens with zero attached hydrogens (tertiary/aromatic N) is 2. The third-order valence-electron chi connectivity index (χ3n) is 5.36. The first-order chi connectivity index (χ1) is 14.4. The van der Waals surface area contributed by atoms with Gasteiger partial charge in [0, 0.05) is 18.7 Å². The number of hydrogen-bond donors (Lipinski definition) is 2. The van der Waals surface area contributed by atoms with Crippen LogP contribution in [0.2, 0.25) is 0 Å². The Balaban J connectivity index is 1.29. The first kappa shape index (κ1) is 19.8. The molecule has 2 heterocycles. The molecule has 0 radical (unpaired) electrons. The molecule has 3 amide bonds. The number of nitrogens with one attached hydrogen (secondary N) is 2. The number of carbonyl (C=O) groups excluding carboxylic acids is 3. The number of rotatable bonds is 6. The standard InChI is InChI=1S/C23H24N4O3/c1-23(2,14-26-20-16-8-4-3-7-15(16)11-24-20)13-25-19(28)12-27-21(29)17-9-5-6-10-18(17)22(27)30/h3-10H,11-14H2,1-2H3,(H,24,26)(H,25,28). The molecule has 7 heteroatoms. The van der Waals surface area contributed by atoms with Gasteiger partial charge in [0.15, 0.2) is 0 Å².